The molecule has 5 heteroatoms. The van der Waals surface area contributed by atoms with Crippen LogP contribution in [0.4, 0.5) is 0 Å². The molecule has 0 radical (unpaired) electrons. The van der Waals surface area contributed by atoms with Crippen molar-refractivity contribution in [2.75, 3.05) is 13.1 Å². The quantitative estimate of drug-likeness (QED) is 0.595. The number of carbonyl (C=O) groups excluding carboxylic acids is 2. The lowest BCUT2D eigenvalue weighted by atomic mass is 10.4. The molecule has 0 aromatic carbocycles. The fraction of sp³-hybridized carbons (Fsp3) is 0.333. The molecule has 0 saturated heterocycles. The second-order valence-corrected chi connectivity index (χ2v) is 4.81. The lowest BCUT2D eigenvalue weighted by Gasteiger charge is -2.04. The summed E-state index contributed by atoms with van der Waals surface area (Å²) in [5, 5.41) is 5.25. The van der Waals surface area contributed by atoms with Gasteiger partial charge >= 0.3 is 0 Å². The van der Waals surface area contributed by atoms with Crippen LogP contribution in [0.5, 0.6) is 0 Å². The van der Waals surface area contributed by atoms with Gasteiger partial charge in [-0.1, -0.05) is 6.08 Å². The minimum absolute atomic E-state index is 0.00687. The molecule has 0 fully saturated rings. The van der Waals surface area contributed by atoms with Gasteiger partial charge in [-0.3, -0.25) is 9.59 Å². The van der Waals surface area contributed by atoms with Crippen molar-refractivity contribution in [1.29, 1.82) is 0 Å². The molecular formula is C12H16N2O2S. The number of aryl methyl sites for hydroxylation is 1. The molecule has 0 unspecified atom stereocenters. The van der Waals surface area contributed by atoms with Crippen LogP contribution in [0, 0.1) is 6.92 Å². The lowest BCUT2D eigenvalue weighted by Crippen LogP contribution is -2.36. The molecule has 92 valence electrons. The van der Waals surface area contributed by atoms with Crippen molar-refractivity contribution in [3.05, 3.63) is 34.5 Å². The Morgan fingerprint density at radius 2 is 2.18 bits per heavy atom. The van der Waals surface area contributed by atoms with Crippen LogP contribution in [0.25, 0.3) is 0 Å². The first-order valence-electron chi connectivity index (χ1n) is 5.35. The highest BCUT2D eigenvalue weighted by atomic mass is 32.1. The maximum absolute atomic E-state index is 11.6. The van der Waals surface area contributed by atoms with Crippen LogP contribution in [0.1, 0.15) is 21.0 Å². The van der Waals surface area contributed by atoms with Gasteiger partial charge in [-0.2, -0.15) is 0 Å². The van der Waals surface area contributed by atoms with Gasteiger partial charge in [-0.15, -0.1) is 17.9 Å². The topological polar surface area (TPSA) is 58.2 Å². The summed E-state index contributed by atoms with van der Waals surface area (Å²) < 4.78 is 0. The largest absolute Gasteiger partial charge is 0.354 e. The SMILES string of the molecule is C=CCCNC(=O)CNC(=O)c1ccc(C)s1. The predicted molar refractivity (Wildman–Crippen MR) is 69.2 cm³/mol. The number of carbonyl (C=O) groups is 2. The zero-order valence-electron chi connectivity index (χ0n) is 9.79. The molecule has 0 spiro atoms. The summed E-state index contributed by atoms with van der Waals surface area (Å²) in [5.41, 5.74) is 0. The zero-order valence-corrected chi connectivity index (χ0v) is 10.6. The van der Waals surface area contributed by atoms with Crippen molar-refractivity contribution in [1.82, 2.24) is 10.6 Å². The standard InChI is InChI=1S/C12H16N2O2S/c1-3-4-7-13-11(15)8-14-12(16)10-6-5-9(2)17-10/h3,5-6H,1,4,7-8H2,2H3,(H,13,15)(H,14,16). The molecule has 4 nitrogen and oxygen atoms in total. The Kier molecular flexibility index (Phi) is 5.42. The molecule has 2 N–H and O–H groups in total. The molecule has 2 amide bonds. The summed E-state index contributed by atoms with van der Waals surface area (Å²) in [7, 11) is 0. The third-order valence-corrected chi connectivity index (χ3v) is 3.04. The number of thiophene rings is 1. The second kappa shape index (κ2) is 6.85. The third-order valence-electron chi connectivity index (χ3n) is 2.04. The third kappa shape index (κ3) is 4.82. The van der Waals surface area contributed by atoms with Gasteiger partial charge in [0, 0.05) is 11.4 Å². The van der Waals surface area contributed by atoms with E-state index < -0.39 is 0 Å². The lowest BCUT2D eigenvalue weighted by molar-refractivity contribution is -0.120. The highest BCUT2D eigenvalue weighted by Crippen LogP contribution is 2.14. The Balaban J connectivity index is 2.28. The van der Waals surface area contributed by atoms with Gasteiger partial charge in [0.1, 0.15) is 0 Å². The van der Waals surface area contributed by atoms with Gasteiger partial charge in [0.25, 0.3) is 5.91 Å². The Morgan fingerprint density at radius 1 is 1.41 bits per heavy atom. The van der Waals surface area contributed by atoms with E-state index in [1.165, 1.54) is 11.3 Å². The van der Waals surface area contributed by atoms with E-state index in [-0.39, 0.29) is 18.4 Å². The molecule has 17 heavy (non-hydrogen) atoms. The Morgan fingerprint density at radius 3 is 2.76 bits per heavy atom. The highest BCUT2D eigenvalue weighted by molar-refractivity contribution is 7.13. The van der Waals surface area contributed by atoms with Crippen LogP contribution in [0.3, 0.4) is 0 Å². The molecular weight excluding hydrogens is 236 g/mol. The molecule has 0 aliphatic heterocycles. The Labute approximate surface area is 105 Å². The summed E-state index contributed by atoms with van der Waals surface area (Å²) in [4.78, 5) is 24.6. The molecule has 0 saturated carbocycles. The molecule has 1 aromatic rings. The summed E-state index contributed by atoms with van der Waals surface area (Å²) >= 11 is 1.41. The van der Waals surface area contributed by atoms with Crippen molar-refractivity contribution in [2.24, 2.45) is 0 Å². The van der Waals surface area contributed by atoms with Crippen LogP contribution in [-0.2, 0) is 4.79 Å². The Bertz CT molecular complexity index is 412. The monoisotopic (exact) mass is 252 g/mol. The predicted octanol–water partition coefficient (Wildman–Crippen LogP) is 1.48. The summed E-state index contributed by atoms with van der Waals surface area (Å²) in [6.07, 6.45) is 2.46. The molecule has 1 aromatic heterocycles. The summed E-state index contributed by atoms with van der Waals surface area (Å²) in [6.45, 7) is 6.05. The zero-order chi connectivity index (χ0) is 12.7. The number of hydrogen-bond donors (Lipinski definition) is 2. The van der Waals surface area contributed by atoms with Crippen molar-refractivity contribution < 1.29 is 9.59 Å². The summed E-state index contributed by atoms with van der Waals surface area (Å²) in [5.74, 6) is -0.393. The molecule has 0 aliphatic carbocycles. The van der Waals surface area contributed by atoms with E-state index in [2.05, 4.69) is 17.2 Å². The second-order valence-electron chi connectivity index (χ2n) is 3.52. The van der Waals surface area contributed by atoms with Crippen molar-refractivity contribution in [2.45, 2.75) is 13.3 Å². The summed E-state index contributed by atoms with van der Waals surface area (Å²) in [6, 6.07) is 3.63. The molecule has 0 aliphatic rings. The van der Waals surface area contributed by atoms with Gasteiger partial charge in [0.05, 0.1) is 11.4 Å². The van der Waals surface area contributed by atoms with Crippen LogP contribution in [0.2, 0.25) is 0 Å². The fourth-order valence-electron chi connectivity index (χ4n) is 1.18. The van der Waals surface area contributed by atoms with Gasteiger partial charge in [0.15, 0.2) is 0 Å². The van der Waals surface area contributed by atoms with Gasteiger partial charge in [-0.25, -0.2) is 0 Å². The Hall–Kier alpha value is -1.62. The van der Waals surface area contributed by atoms with E-state index in [9.17, 15) is 9.59 Å². The van der Waals surface area contributed by atoms with Crippen LogP contribution in [-0.4, -0.2) is 24.9 Å². The first kappa shape index (κ1) is 13.4. The van der Waals surface area contributed by atoms with E-state index in [4.69, 9.17) is 0 Å². The minimum atomic E-state index is -0.207. The number of hydrogen-bond acceptors (Lipinski definition) is 3. The van der Waals surface area contributed by atoms with E-state index in [1.54, 1.807) is 12.1 Å². The minimum Gasteiger partial charge on any atom is -0.354 e. The van der Waals surface area contributed by atoms with Crippen molar-refractivity contribution >= 4 is 23.2 Å². The number of amides is 2. The van der Waals surface area contributed by atoms with E-state index in [1.807, 2.05) is 13.0 Å². The van der Waals surface area contributed by atoms with Gasteiger partial charge in [0.2, 0.25) is 5.91 Å². The van der Waals surface area contributed by atoms with E-state index in [0.717, 1.165) is 11.3 Å². The average molecular weight is 252 g/mol. The number of nitrogens with one attached hydrogen (secondary N) is 2. The molecule has 1 heterocycles. The maximum Gasteiger partial charge on any atom is 0.261 e. The molecule has 1 rings (SSSR count). The van der Waals surface area contributed by atoms with E-state index >= 15 is 0 Å². The van der Waals surface area contributed by atoms with Crippen molar-refractivity contribution in [3.63, 3.8) is 0 Å². The van der Waals surface area contributed by atoms with Gasteiger partial charge < -0.3 is 10.6 Å². The highest BCUT2D eigenvalue weighted by Gasteiger charge is 2.09. The van der Waals surface area contributed by atoms with Crippen LogP contribution in [0.15, 0.2) is 24.8 Å². The average Bonchev–Trinajstić information content (AvgIpc) is 2.73. The van der Waals surface area contributed by atoms with Crippen molar-refractivity contribution in [3.8, 4) is 0 Å². The van der Waals surface area contributed by atoms with Crippen LogP contribution < -0.4 is 10.6 Å². The molecule has 0 atom stereocenters. The number of rotatable bonds is 6. The smallest absolute Gasteiger partial charge is 0.261 e. The van der Waals surface area contributed by atoms with E-state index in [0.29, 0.717) is 11.4 Å². The molecule has 0 bridgehead atoms. The first-order valence-corrected chi connectivity index (χ1v) is 6.17. The normalized spacial score (nSPS) is 9.71. The van der Waals surface area contributed by atoms with Crippen LogP contribution >= 0.6 is 11.3 Å². The first-order chi connectivity index (χ1) is 8.13. The van der Waals surface area contributed by atoms with Gasteiger partial charge in [-0.05, 0) is 25.5 Å². The fourth-order valence-corrected chi connectivity index (χ4v) is 1.96. The maximum atomic E-state index is 11.6.